The van der Waals surface area contributed by atoms with Crippen LogP contribution >= 0.6 is 0 Å². The molecule has 4 aromatic rings. The molecule has 0 bridgehead atoms. The van der Waals surface area contributed by atoms with Crippen molar-refractivity contribution in [2.45, 2.75) is 0 Å². The van der Waals surface area contributed by atoms with Gasteiger partial charge in [-0.05, 0) is 18.2 Å². The van der Waals surface area contributed by atoms with Gasteiger partial charge in [0.1, 0.15) is 0 Å². The largest absolute Gasteiger partial charge is 0.332 e. The summed E-state index contributed by atoms with van der Waals surface area (Å²) < 4.78 is 5.30. The van der Waals surface area contributed by atoms with E-state index in [-0.39, 0.29) is 0 Å². The first-order valence-electron chi connectivity index (χ1n) is 6.09. The van der Waals surface area contributed by atoms with Gasteiger partial charge in [0.05, 0.1) is 5.52 Å². The highest BCUT2D eigenvalue weighted by atomic mass is 16.5. The monoisotopic (exact) mass is 263 g/mol. The molecule has 0 radical (unpaired) electrons. The SMILES string of the molecule is c1cncc(-c2noc(-c3n[nH]c4ccccc34)n2)c1. The lowest BCUT2D eigenvalue weighted by Crippen LogP contribution is -1.82. The van der Waals surface area contributed by atoms with Crippen LogP contribution in [0.3, 0.4) is 0 Å². The van der Waals surface area contributed by atoms with E-state index in [0.717, 1.165) is 16.5 Å². The van der Waals surface area contributed by atoms with E-state index < -0.39 is 0 Å². The Balaban J connectivity index is 1.82. The quantitative estimate of drug-likeness (QED) is 0.601. The normalized spacial score (nSPS) is 11.0. The van der Waals surface area contributed by atoms with Gasteiger partial charge >= 0.3 is 0 Å². The molecule has 1 aromatic carbocycles. The average molecular weight is 263 g/mol. The molecule has 0 spiro atoms. The van der Waals surface area contributed by atoms with Gasteiger partial charge in [0.25, 0.3) is 5.89 Å². The van der Waals surface area contributed by atoms with Crippen LogP contribution < -0.4 is 0 Å². The third kappa shape index (κ3) is 1.66. The van der Waals surface area contributed by atoms with E-state index >= 15 is 0 Å². The summed E-state index contributed by atoms with van der Waals surface area (Å²) in [7, 11) is 0. The van der Waals surface area contributed by atoms with Crippen LogP contribution in [0, 0.1) is 0 Å². The maximum absolute atomic E-state index is 5.30. The number of para-hydroxylation sites is 1. The molecule has 0 amide bonds. The Hall–Kier alpha value is -3.02. The highest BCUT2D eigenvalue weighted by Gasteiger charge is 2.15. The van der Waals surface area contributed by atoms with E-state index in [2.05, 4.69) is 25.3 Å². The Morgan fingerprint density at radius 2 is 2.00 bits per heavy atom. The molecule has 0 aliphatic rings. The summed E-state index contributed by atoms with van der Waals surface area (Å²) in [6.07, 6.45) is 3.39. The number of aromatic amines is 1. The summed E-state index contributed by atoms with van der Waals surface area (Å²) in [6.45, 7) is 0. The lowest BCUT2D eigenvalue weighted by atomic mass is 10.2. The summed E-state index contributed by atoms with van der Waals surface area (Å²) in [5, 5.41) is 12.1. The minimum Gasteiger partial charge on any atom is -0.332 e. The maximum atomic E-state index is 5.30. The van der Waals surface area contributed by atoms with Crippen molar-refractivity contribution in [1.82, 2.24) is 25.3 Å². The van der Waals surface area contributed by atoms with E-state index in [1.807, 2.05) is 36.4 Å². The van der Waals surface area contributed by atoms with Crippen molar-refractivity contribution in [3.8, 4) is 23.0 Å². The van der Waals surface area contributed by atoms with Crippen LogP contribution in [0.2, 0.25) is 0 Å². The second-order valence-corrected chi connectivity index (χ2v) is 4.28. The Kier molecular flexibility index (Phi) is 2.32. The molecule has 3 aromatic heterocycles. The van der Waals surface area contributed by atoms with E-state index in [4.69, 9.17) is 4.52 Å². The van der Waals surface area contributed by atoms with Crippen molar-refractivity contribution in [2.24, 2.45) is 0 Å². The number of hydrogen-bond acceptors (Lipinski definition) is 5. The molecule has 0 unspecified atom stereocenters. The second-order valence-electron chi connectivity index (χ2n) is 4.28. The molecule has 1 N–H and O–H groups in total. The van der Waals surface area contributed by atoms with Gasteiger partial charge in [-0.25, -0.2) is 0 Å². The fourth-order valence-electron chi connectivity index (χ4n) is 2.06. The minimum atomic E-state index is 0.390. The Morgan fingerprint density at radius 3 is 2.90 bits per heavy atom. The number of pyridine rings is 1. The third-order valence-electron chi connectivity index (χ3n) is 3.02. The van der Waals surface area contributed by atoms with Crippen molar-refractivity contribution in [1.29, 1.82) is 0 Å². The Labute approximate surface area is 113 Å². The number of H-pyrrole nitrogens is 1. The van der Waals surface area contributed by atoms with Crippen LogP contribution in [-0.2, 0) is 0 Å². The number of nitrogens with one attached hydrogen (secondary N) is 1. The molecule has 6 heteroatoms. The second kappa shape index (κ2) is 4.27. The zero-order valence-electron chi connectivity index (χ0n) is 10.3. The first-order valence-corrected chi connectivity index (χ1v) is 6.09. The van der Waals surface area contributed by atoms with Crippen LogP contribution in [0.4, 0.5) is 0 Å². The zero-order valence-corrected chi connectivity index (χ0v) is 10.3. The predicted molar refractivity (Wildman–Crippen MR) is 72.6 cm³/mol. The van der Waals surface area contributed by atoms with E-state index in [0.29, 0.717) is 17.4 Å². The van der Waals surface area contributed by atoms with Crippen molar-refractivity contribution in [3.05, 3.63) is 48.8 Å². The topological polar surface area (TPSA) is 80.5 Å². The van der Waals surface area contributed by atoms with Crippen molar-refractivity contribution >= 4 is 10.9 Å². The third-order valence-corrected chi connectivity index (χ3v) is 3.02. The van der Waals surface area contributed by atoms with Gasteiger partial charge in [-0.2, -0.15) is 10.1 Å². The fraction of sp³-hybridized carbons (Fsp3) is 0. The van der Waals surface area contributed by atoms with Crippen molar-refractivity contribution in [3.63, 3.8) is 0 Å². The van der Waals surface area contributed by atoms with Gasteiger partial charge in [0.2, 0.25) is 5.82 Å². The molecule has 0 aliphatic heterocycles. The standard InChI is InChI=1S/C14H9N5O/c1-2-6-11-10(5-1)12(18-17-11)14-16-13(19-20-14)9-4-3-7-15-8-9/h1-8H,(H,17,18). The number of fused-ring (bicyclic) bond motifs is 1. The highest BCUT2D eigenvalue weighted by Crippen LogP contribution is 2.26. The molecule has 0 saturated carbocycles. The maximum Gasteiger partial charge on any atom is 0.279 e. The Bertz CT molecular complexity index is 865. The van der Waals surface area contributed by atoms with E-state index in [1.165, 1.54) is 0 Å². The lowest BCUT2D eigenvalue weighted by molar-refractivity contribution is 0.431. The first-order chi connectivity index (χ1) is 9.92. The molecule has 0 fully saturated rings. The molecule has 0 atom stereocenters. The molecule has 0 saturated heterocycles. The van der Waals surface area contributed by atoms with Gasteiger partial charge < -0.3 is 4.52 Å². The molecular formula is C14H9N5O. The fourth-order valence-corrected chi connectivity index (χ4v) is 2.06. The molecule has 3 heterocycles. The lowest BCUT2D eigenvalue weighted by Gasteiger charge is -1.90. The minimum absolute atomic E-state index is 0.390. The van der Waals surface area contributed by atoms with Gasteiger partial charge in [0, 0.05) is 23.3 Å². The van der Waals surface area contributed by atoms with Gasteiger partial charge in [-0.1, -0.05) is 23.4 Å². The summed E-state index contributed by atoms with van der Waals surface area (Å²) in [4.78, 5) is 8.41. The average Bonchev–Trinajstić information content (AvgIpc) is 3.14. The van der Waals surface area contributed by atoms with E-state index in [9.17, 15) is 0 Å². The number of aromatic nitrogens is 5. The summed E-state index contributed by atoms with van der Waals surface area (Å²) in [5.41, 5.74) is 2.40. The summed E-state index contributed by atoms with van der Waals surface area (Å²) in [6, 6.07) is 11.5. The van der Waals surface area contributed by atoms with Crippen LogP contribution in [-0.4, -0.2) is 25.3 Å². The molecule has 0 aliphatic carbocycles. The van der Waals surface area contributed by atoms with Crippen LogP contribution in [0.15, 0.2) is 53.3 Å². The van der Waals surface area contributed by atoms with Gasteiger partial charge in [0.15, 0.2) is 5.69 Å². The number of rotatable bonds is 2. The Morgan fingerprint density at radius 1 is 1.05 bits per heavy atom. The van der Waals surface area contributed by atoms with Crippen molar-refractivity contribution in [2.75, 3.05) is 0 Å². The van der Waals surface area contributed by atoms with Crippen molar-refractivity contribution < 1.29 is 4.52 Å². The molecular weight excluding hydrogens is 254 g/mol. The summed E-state index contributed by atoms with van der Waals surface area (Å²) in [5.74, 6) is 0.890. The highest BCUT2D eigenvalue weighted by molar-refractivity contribution is 5.90. The number of nitrogens with zero attached hydrogens (tertiary/aromatic N) is 4. The first kappa shape index (κ1) is 10.9. The zero-order chi connectivity index (χ0) is 13.4. The van der Waals surface area contributed by atoms with Gasteiger partial charge in [-0.3, -0.25) is 10.1 Å². The van der Waals surface area contributed by atoms with Crippen LogP contribution in [0.25, 0.3) is 33.9 Å². The van der Waals surface area contributed by atoms with Crippen LogP contribution in [0.1, 0.15) is 0 Å². The molecule has 6 nitrogen and oxygen atoms in total. The van der Waals surface area contributed by atoms with Gasteiger partial charge in [-0.15, -0.1) is 0 Å². The van der Waals surface area contributed by atoms with Crippen LogP contribution in [0.5, 0.6) is 0 Å². The molecule has 20 heavy (non-hydrogen) atoms. The number of benzene rings is 1. The predicted octanol–water partition coefficient (Wildman–Crippen LogP) is 2.67. The summed E-state index contributed by atoms with van der Waals surface area (Å²) >= 11 is 0. The molecule has 96 valence electrons. The molecule has 4 rings (SSSR count). The smallest absolute Gasteiger partial charge is 0.279 e. The van der Waals surface area contributed by atoms with E-state index in [1.54, 1.807) is 12.4 Å². The number of hydrogen-bond donors (Lipinski definition) is 1.